The van der Waals surface area contributed by atoms with E-state index in [9.17, 15) is 18.4 Å². The van der Waals surface area contributed by atoms with E-state index in [2.05, 4.69) is 0 Å². The third-order valence-corrected chi connectivity index (χ3v) is 5.72. The molecule has 0 N–H and O–H groups in total. The van der Waals surface area contributed by atoms with Crippen molar-refractivity contribution in [2.45, 2.75) is 26.7 Å². The summed E-state index contributed by atoms with van der Waals surface area (Å²) >= 11 is 0. The summed E-state index contributed by atoms with van der Waals surface area (Å²) < 4.78 is 27.3. The first kappa shape index (κ1) is 23.2. The molecule has 0 radical (unpaired) electrons. The Bertz CT molecular complexity index is 1360. The molecule has 3 aromatic carbocycles. The predicted octanol–water partition coefficient (Wildman–Crippen LogP) is 7.17. The van der Waals surface area contributed by atoms with Gasteiger partial charge in [-0.25, -0.2) is 8.78 Å². The van der Waals surface area contributed by atoms with Crippen LogP contribution >= 0.6 is 0 Å². The molecule has 0 aliphatic heterocycles. The number of aldehydes is 1. The van der Waals surface area contributed by atoms with Crippen LogP contribution in [0.15, 0.2) is 72.8 Å². The largest absolute Gasteiger partial charge is 0.298 e. The van der Waals surface area contributed by atoms with Gasteiger partial charge >= 0.3 is 0 Å². The molecule has 0 spiro atoms. The molecule has 0 unspecified atom stereocenters. The Kier molecular flexibility index (Phi) is 6.46. The lowest BCUT2D eigenvalue weighted by Crippen LogP contribution is -2.14. The number of benzene rings is 3. The lowest BCUT2D eigenvalue weighted by atomic mass is 9.85. The fourth-order valence-electron chi connectivity index (χ4n) is 3.97. The summed E-state index contributed by atoms with van der Waals surface area (Å²) in [5.74, 6) is -1.28. The number of carbonyl (C=O) groups excluding carboxylic acids is 2. The Hall–Kier alpha value is -3.99. The summed E-state index contributed by atoms with van der Waals surface area (Å²) in [4.78, 5) is 31.1. The van der Waals surface area contributed by atoms with Crippen LogP contribution in [0.5, 0.6) is 0 Å². The molecule has 5 heteroatoms. The fourth-order valence-corrected chi connectivity index (χ4v) is 3.97. The van der Waals surface area contributed by atoms with Crippen molar-refractivity contribution >= 4 is 12.1 Å². The van der Waals surface area contributed by atoms with Gasteiger partial charge in [-0.05, 0) is 54.8 Å². The van der Waals surface area contributed by atoms with Crippen LogP contribution in [0, 0.1) is 18.6 Å². The van der Waals surface area contributed by atoms with E-state index in [0.717, 1.165) is 5.56 Å². The van der Waals surface area contributed by atoms with Gasteiger partial charge in [-0.15, -0.1) is 0 Å². The lowest BCUT2D eigenvalue weighted by Gasteiger charge is -2.21. The Labute approximate surface area is 197 Å². The highest BCUT2D eigenvalue weighted by atomic mass is 19.1. The van der Waals surface area contributed by atoms with Crippen LogP contribution in [0.25, 0.3) is 22.4 Å². The summed E-state index contributed by atoms with van der Waals surface area (Å²) in [5, 5.41) is 0. The van der Waals surface area contributed by atoms with Gasteiger partial charge in [-0.3, -0.25) is 14.6 Å². The monoisotopic (exact) mass is 455 g/mol. The molecule has 0 fully saturated rings. The molecule has 4 aromatic rings. The van der Waals surface area contributed by atoms with Crippen molar-refractivity contribution in [3.8, 4) is 22.4 Å². The molecule has 0 saturated heterocycles. The first-order valence-electron chi connectivity index (χ1n) is 11.0. The van der Waals surface area contributed by atoms with Crippen molar-refractivity contribution in [3.63, 3.8) is 0 Å². The summed E-state index contributed by atoms with van der Waals surface area (Å²) in [6, 6.07) is 18.5. The van der Waals surface area contributed by atoms with Crippen molar-refractivity contribution in [3.05, 3.63) is 112 Å². The zero-order chi connectivity index (χ0) is 24.4. The average Bonchev–Trinajstić information content (AvgIpc) is 2.83. The van der Waals surface area contributed by atoms with Gasteiger partial charge in [0.05, 0.1) is 17.0 Å². The zero-order valence-corrected chi connectivity index (χ0v) is 19.1. The number of rotatable bonds is 6. The molecule has 1 heterocycles. The van der Waals surface area contributed by atoms with E-state index in [1.54, 1.807) is 36.4 Å². The van der Waals surface area contributed by atoms with Gasteiger partial charge in [0, 0.05) is 22.3 Å². The van der Waals surface area contributed by atoms with E-state index in [1.807, 2.05) is 32.9 Å². The maximum absolute atomic E-state index is 13.8. The van der Waals surface area contributed by atoms with Gasteiger partial charge in [-0.2, -0.15) is 0 Å². The van der Waals surface area contributed by atoms with E-state index in [1.165, 1.54) is 24.3 Å². The van der Waals surface area contributed by atoms with Crippen LogP contribution in [0.3, 0.4) is 0 Å². The topological polar surface area (TPSA) is 47.0 Å². The average molecular weight is 456 g/mol. The van der Waals surface area contributed by atoms with Crippen molar-refractivity contribution < 1.29 is 18.4 Å². The highest BCUT2D eigenvalue weighted by Crippen LogP contribution is 2.38. The van der Waals surface area contributed by atoms with Crippen molar-refractivity contribution in [2.24, 2.45) is 0 Å². The molecule has 0 saturated carbocycles. The lowest BCUT2D eigenvalue weighted by molar-refractivity contribution is 0.103. The van der Waals surface area contributed by atoms with E-state index >= 15 is 0 Å². The molecule has 0 atom stereocenters. The van der Waals surface area contributed by atoms with Crippen LogP contribution in [0.2, 0.25) is 0 Å². The quantitative estimate of drug-likeness (QED) is 0.229. The molecule has 0 amide bonds. The first-order chi connectivity index (χ1) is 16.3. The van der Waals surface area contributed by atoms with Crippen LogP contribution in [-0.2, 0) is 0 Å². The fraction of sp³-hybridized carbons (Fsp3) is 0.138. The number of ketones is 1. The number of carbonyl (C=O) groups is 2. The van der Waals surface area contributed by atoms with Gasteiger partial charge < -0.3 is 0 Å². The van der Waals surface area contributed by atoms with Crippen LogP contribution in [0.1, 0.15) is 57.3 Å². The highest BCUT2D eigenvalue weighted by molar-refractivity contribution is 6.16. The van der Waals surface area contributed by atoms with Gasteiger partial charge in [0.15, 0.2) is 12.1 Å². The molecule has 0 aliphatic rings. The van der Waals surface area contributed by atoms with Gasteiger partial charge in [0.1, 0.15) is 11.6 Å². The Balaban J connectivity index is 2.11. The zero-order valence-electron chi connectivity index (χ0n) is 19.1. The van der Waals surface area contributed by atoms with Crippen LogP contribution in [0.4, 0.5) is 8.78 Å². The number of hydrogen-bond donors (Lipinski definition) is 0. The van der Waals surface area contributed by atoms with Crippen molar-refractivity contribution in [1.29, 1.82) is 0 Å². The van der Waals surface area contributed by atoms with Crippen molar-refractivity contribution in [1.82, 2.24) is 4.98 Å². The third kappa shape index (κ3) is 4.42. The molecule has 0 bridgehead atoms. The highest BCUT2D eigenvalue weighted by Gasteiger charge is 2.28. The van der Waals surface area contributed by atoms with E-state index < -0.39 is 11.6 Å². The third-order valence-electron chi connectivity index (χ3n) is 5.72. The Morgan fingerprint density at radius 3 is 1.85 bits per heavy atom. The maximum Gasteiger partial charge on any atom is 0.195 e. The summed E-state index contributed by atoms with van der Waals surface area (Å²) in [6.45, 7) is 5.76. The first-order valence-corrected chi connectivity index (χ1v) is 11.0. The molecule has 34 heavy (non-hydrogen) atoms. The standard InChI is InChI=1S/C29H23F2NO2/c1-17(2)27-26(29(34)21-6-4-18(3)5-7-21)25(19-8-12-22(30)13-9-19)24(16-33)28(32-27)20-10-14-23(31)15-11-20/h4-17H,1-3H3. The summed E-state index contributed by atoms with van der Waals surface area (Å²) in [7, 11) is 0. The number of aryl methyl sites for hydroxylation is 1. The SMILES string of the molecule is Cc1ccc(C(=O)c2c(C(C)C)nc(-c3ccc(F)cc3)c(C=O)c2-c2ccc(F)cc2)cc1. The minimum atomic E-state index is -0.431. The minimum absolute atomic E-state index is 0.163. The number of halogens is 2. The van der Waals surface area contributed by atoms with Gasteiger partial charge in [0.2, 0.25) is 0 Å². The molecule has 170 valence electrons. The minimum Gasteiger partial charge on any atom is -0.298 e. The summed E-state index contributed by atoms with van der Waals surface area (Å²) in [5.41, 5.74) is 4.28. The molecule has 1 aromatic heterocycles. The smallest absolute Gasteiger partial charge is 0.195 e. The predicted molar refractivity (Wildman–Crippen MR) is 129 cm³/mol. The second-order valence-electron chi connectivity index (χ2n) is 8.49. The summed E-state index contributed by atoms with van der Waals surface area (Å²) in [6.07, 6.45) is 0.653. The van der Waals surface area contributed by atoms with Gasteiger partial charge in [-0.1, -0.05) is 55.8 Å². The molecular weight excluding hydrogens is 432 g/mol. The molecule has 0 aliphatic carbocycles. The molecule has 3 nitrogen and oxygen atoms in total. The van der Waals surface area contributed by atoms with Crippen molar-refractivity contribution in [2.75, 3.05) is 0 Å². The van der Waals surface area contributed by atoms with Gasteiger partial charge in [0.25, 0.3) is 0 Å². The number of aromatic nitrogens is 1. The number of nitrogens with zero attached hydrogens (tertiary/aromatic N) is 1. The Morgan fingerprint density at radius 2 is 1.35 bits per heavy atom. The molecular formula is C29H23F2NO2. The second kappa shape index (κ2) is 9.48. The van der Waals surface area contributed by atoms with E-state index in [-0.39, 0.29) is 17.3 Å². The molecule has 4 rings (SSSR count). The van der Waals surface area contributed by atoms with Crippen LogP contribution < -0.4 is 0 Å². The second-order valence-corrected chi connectivity index (χ2v) is 8.49. The van der Waals surface area contributed by atoms with E-state index in [4.69, 9.17) is 4.98 Å². The maximum atomic E-state index is 13.8. The van der Waals surface area contributed by atoms with E-state index in [0.29, 0.717) is 45.5 Å². The normalized spacial score (nSPS) is 11.0. The number of pyridine rings is 1. The Morgan fingerprint density at radius 1 is 0.824 bits per heavy atom. The number of hydrogen-bond acceptors (Lipinski definition) is 3. The van der Waals surface area contributed by atoms with Crippen LogP contribution in [-0.4, -0.2) is 17.1 Å².